The molecule has 0 saturated heterocycles. The minimum Gasteiger partial charge on any atom is -0.490 e. The molecule has 5 heteroatoms. The van der Waals surface area contributed by atoms with E-state index in [9.17, 15) is 9.90 Å². The fraction of sp³-hybridized carbons (Fsp3) is 0.500. The minimum atomic E-state index is -0.484. The van der Waals surface area contributed by atoms with Crippen molar-refractivity contribution in [2.45, 2.75) is 31.5 Å². The van der Waals surface area contributed by atoms with Crippen molar-refractivity contribution in [2.75, 3.05) is 7.11 Å². The van der Waals surface area contributed by atoms with E-state index in [1.54, 1.807) is 12.1 Å². The van der Waals surface area contributed by atoms with Gasteiger partial charge in [0.25, 0.3) is 0 Å². The van der Waals surface area contributed by atoms with Gasteiger partial charge in [-0.1, -0.05) is 0 Å². The number of hydrogen-bond acceptors (Lipinski definition) is 5. The van der Waals surface area contributed by atoms with Crippen molar-refractivity contribution in [1.82, 2.24) is 4.98 Å². The Hall–Kier alpha value is -1.62. The summed E-state index contributed by atoms with van der Waals surface area (Å²) in [6.07, 6.45) is 3.47. The van der Waals surface area contributed by atoms with E-state index in [-0.39, 0.29) is 17.9 Å². The molecule has 1 fully saturated rings. The van der Waals surface area contributed by atoms with Crippen LogP contribution in [0, 0.1) is 0 Å². The van der Waals surface area contributed by atoms with E-state index in [0.29, 0.717) is 12.2 Å². The van der Waals surface area contributed by atoms with Crippen LogP contribution in [0.25, 0.3) is 0 Å². The van der Waals surface area contributed by atoms with Crippen LogP contribution >= 0.6 is 0 Å². The third kappa shape index (κ3) is 2.94. The van der Waals surface area contributed by atoms with E-state index in [1.165, 1.54) is 13.3 Å². The Balaban J connectivity index is 2.03. The molecule has 0 unspecified atom stereocenters. The molecule has 17 heavy (non-hydrogen) atoms. The van der Waals surface area contributed by atoms with Crippen LogP contribution < -0.4 is 4.74 Å². The first kappa shape index (κ1) is 11.9. The smallest absolute Gasteiger partial charge is 0.356 e. The summed E-state index contributed by atoms with van der Waals surface area (Å²) in [5, 5.41) is 9.39. The van der Waals surface area contributed by atoms with Crippen LogP contribution in [0.5, 0.6) is 5.75 Å². The summed E-state index contributed by atoms with van der Waals surface area (Å²) >= 11 is 0. The van der Waals surface area contributed by atoms with Crippen molar-refractivity contribution in [3.63, 3.8) is 0 Å². The molecule has 1 saturated carbocycles. The molecule has 1 aliphatic rings. The summed E-state index contributed by atoms with van der Waals surface area (Å²) < 4.78 is 10.3. The number of rotatable bonds is 3. The van der Waals surface area contributed by atoms with Crippen molar-refractivity contribution in [1.29, 1.82) is 0 Å². The highest BCUT2D eigenvalue weighted by Gasteiger charge is 2.24. The Kier molecular flexibility index (Phi) is 3.58. The number of hydrogen-bond donors (Lipinski definition) is 1. The maximum absolute atomic E-state index is 11.3. The van der Waals surface area contributed by atoms with Crippen LogP contribution in [-0.4, -0.2) is 35.4 Å². The minimum absolute atomic E-state index is 0.0119. The maximum Gasteiger partial charge on any atom is 0.356 e. The predicted octanol–water partition coefficient (Wildman–Crippen LogP) is 1.16. The van der Waals surface area contributed by atoms with Gasteiger partial charge in [0.15, 0.2) is 5.69 Å². The third-order valence-corrected chi connectivity index (χ3v) is 2.79. The zero-order chi connectivity index (χ0) is 12.3. The highest BCUT2D eigenvalue weighted by Crippen LogP contribution is 2.24. The molecule has 1 aromatic heterocycles. The highest BCUT2D eigenvalue weighted by molar-refractivity contribution is 5.87. The fourth-order valence-electron chi connectivity index (χ4n) is 1.92. The molecule has 1 N–H and O–H groups in total. The number of carbonyl (C=O) groups excluding carboxylic acids is 1. The van der Waals surface area contributed by atoms with E-state index in [2.05, 4.69) is 9.72 Å². The molecule has 0 aromatic carbocycles. The second-order valence-electron chi connectivity index (χ2n) is 4.08. The number of ether oxygens (including phenoxy) is 2. The van der Waals surface area contributed by atoms with Gasteiger partial charge in [-0.05, 0) is 18.9 Å². The summed E-state index contributed by atoms with van der Waals surface area (Å²) in [4.78, 5) is 15.2. The first-order valence-electron chi connectivity index (χ1n) is 5.58. The Labute approximate surface area is 99.4 Å². The Bertz CT molecular complexity index is 407. The topological polar surface area (TPSA) is 68.7 Å². The average Bonchev–Trinajstić information content (AvgIpc) is 2.74. The van der Waals surface area contributed by atoms with Crippen LogP contribution in [0.2, 0.25) is 0 Å². The second kappa shape index (κ2) is 5.14. The third-order valence-electron chi connectivity index (χ3n) is 2.79. The molecular weight excluding hydrogens is 222 g/mol. The SMILES string of the molecule is COC(=O)c1cc(O[C@H]2CC[C@H](O)C2)ccn1. The summed E-state index contributed by atoms with van der Waals surface area (Å²) in [5.41, 5.74) is 0.226. The van der Waals surface area contributed by atoms with Gasteiger partial charge in [-0.2, -0.15) is 0 Å². The van der Waals surface area contributed by atoms with E-state index in [0.717, 1.165) is 12.8 Å². The zero-order valence-electron chi connectivity index (χ0n) is 9.63. The van der Waals surface area contributed by atoms with Gasteiger partial charge in [0.2, 0.25) is 0 Å². The summed E-state index contributed by atoms with van der Waals surface area (Å²) in [5.74, 6) is 0.0985. The molecule has 1 aromatic rings. The molecule has 0 aliphatic heterocycles. The van der Waals surface area contributed by atoms with E-state index >= 15 is 0 Å². The zero-order valence-corrected chi connectivity index (χ0v) is 9.63. The summed E-state index contributed by atoms with van der Waals surface area (Å²) in [6.45, 7) is 0. The second-order valence-corrected chi connectivity index (χ2v) is 4.08. The van der Waals surface area contributed by atoms with Crippen molar-refractivity contribution < 1.29 is 19.4 Å². The molecular formula is C12H15NO4. The van der Waals surface area contributed by atoms with Gasteiger partial charge in [0.05, 0.1) is 13.2 Å². The highest BCUT2D eigenvalue weighted by atomic mass is 16.5. The van der Waals surface area contributed by atoms with Crippen LogP contribution in [0.1, 0.15) is 29.8 Å². The lowest BCUT2D eigenvalue weighted by Crippen LogP contribution is -2.14. The number of aromatic nitrogens is 1. The predicted molar refractivity (Wildman–Crippen MR) is 59.9 cm³/mol. The molecule has 1 aliphatic carbocycles. The monoisotopic (exact) mass is 237 g/mol. The summed E-state index contributed by atoms with van der Waals surface area (Å²) in [7, 11) is 1.31. The lowest BCUT2D eigenvalue weighted by molar-refractivity contribution is 0.0593. The quantitative estimate of drug-likeness (QED) is 0.799. The van der Waals surface area contributed by atoms with Crippen molar-refractivity contribution in [3.05, 3.63) is 24.0 Å². The molecule has 0 radical (unpaired) electrons. The van der Waals surface area contributed by atoms with Crippen LogP contribution in [0.3, 0.4) is 0 Å². The van der Waals surface area contributed by atoms with Crippen LogP contribution in [-0.2, 0) is 4.74 Å². The molecule has 0 amide bonds. The molecule has 92 valence electrons. The lowest BCUT2D eigenvalue weighted by Gasteiger charge is -2.13. The van der Waals surface area contributed by atoms with Gasteiger partial charge in [0.1, 0.15) is 11.9 Å². The Morgan fingerprint density at radius 1 is 1.53 bits per heavy atom. The van der Waals surface area contributed by atoms with Crippen molar-refractivity contribution >= 4 is 5.97 Å². The summed E-state index contributed by atoms with van der Waals surface area (Å²) in [6, 6.07) is 3.24. The first-order chi connectivity index (χ1) is 8.19. The molecule has 2 rings (SSSR count). The number of carbonyl (C=O) groups is 1. The van der Waals surface area contributed by atoms with Crippen LogP contribution in [0.15, 0.2) is 18.3 Å². The fourth-order valence-corrected chi connectivity index (χ4v) is 1.92. The number of nitrogens with zero attached hydrogens (tertiary/aromatic N) is 1. The molecule has 1 heterocycles. The maximum atomic E-state index is 11.3. The number of pyridine rings is 1. The Morgan fingerprint density at radius 2 is 2.35 bits per heavy atom. The van der Waals surface area contributed by atoms with Gasteiger partial charge in [-0.15, -0.1) is 0 Å². The van der Waals surface area contributed by atoms with Gasteiger partial charge >= 0.3 is 5.97 Å². The van der Waals surface area contributed by atoms with Crippen molar-refractivity contribution in [2.24, 2.45) is 0 Å². The number of aliphatic hydroxyl groups is 1. The molecule has 2 atom stereocenters. The molecule has 0 spiro atoms. The molecule has 5 nitrogen and oxygen atoms in total. The first-order valence-corrected chi connectivity index (χ1v) is 5.58. The normalized spacial score (nSPS) is 23.4. The van der Waals surface area contributed by atoms with Gasteiger partial charge in [0, 0.05) is 18.7 Å². The standard InChI is InChI=1S/C12H15NO4/c1-16-12(15)11-7-10(4-5-13-11)17-9-3-2-8(14)6-9/h4-5,7-9,14H,2-3,6H2,1H3/t8-,9-/m0/s1. The van der Waals surface area contributed by atoms with E-state index in [1.807, 2.05) is 0 Å². The van der Waals surface area contributed by atoms with Crippen LogP contribution in [0.4, 0.5) is 0 Å². The van der Waals surface area contributed by atoms with E-state index in [4.69, 9.17) is 4.74 Å². The van der Waals surface area contributed by atoms with Gasteiger partial charge in [-0.3, -0.25) is 0 Å². The number of methoxy groups -OCH3 is 1. The van der Waals surface area contributed by atoms with Crippen molar-refractivity contribution in [3.8, 4) is 5.75 Å². The van der Waals surface area contributed by atoms with Gasteiger partial charge in [-0.25, -0.2) is 9.78 Å². The Morgan fingerprint density at radius 3 is 3.00 bits per heavy atom. The van der Waals surface area contributed by atoms with E-state index < -0.39 is 5.97 Å². The molecule has 0 bridgehead atoms. The largest absolute Gasteiger partial charge is 0.490 e. The lowest BCUT2D eigenvalue weighted by atomic mass is 10.3. The number of aliphatic hydroxyl groups excluding tert-OH is 1. The van der Waals surface area contributed by atoms with Gasteiger partial charge < -0.3 is 14.6 Å². The average molecular weight is 237 g/mol. The number of esters is 1.